The van der Waals surface area contributed by atoms with E-state index in [1.807, 2.05) is 11.8 Å². The van der Waals surface area contributed by atoms with Gasteiger partial charge in [0.15, 0.2) is 0 Å². The van der Waals surface area contributed by atoms with E-state index in [0.29, 0.717) is 12.5 Å². The van der Waals surface area contributed by atoms with Crippen molar-refractivity contribution in [3.63, 3.8) is 0 Å². The van der Waals surface area contributed by atoms with Crippen LogP contribution >= 0.6 is 11.8 Å². The molecule has 2 atom stereocenters. The van der Waals surface area contributed by atoms with Gasteiger partial charge in [-0.05, 0) is 30.8 Å². The molecule has 2 unspecified atom stereocenters. The zero-order valence-electron chi connectivity index (χ0n) is 9.36. The highest BCUT2D eigenvalue weighted by Gasteiger charge is 2.17. The highest BCUT2D eigenvalue weighted by molar-refractivity contribution is 7.99. The second-order valence-corrected chi connectivity index (χ2v) is 5.23. The third kappa shape index (κ3) is 5.25. The number of aliphatic carboxylic acids is 1. The number of carboxylic acid groups (broad SMARTS) is 1. The van der Waals surface area contributed by atoms with Crippen molar-refractivity contribution in [1.82, 2.24) is 10.6 Å². The Balaban J connectivity index is 2.12. The van der Waals surface area contributed by atoms with E-state index in [4.69, 9.17) is 5.11 Å². The Morgan fingerprint density at radius 1 is 1.56 bits per heavy atom. The van der Waals surface area contributed by atoms with Gasteiger partial charge in [-0.3, -0.25) is 4.79 Å². The Hall–Kier alpha value is -0.910. The molecule has 92 valence electrons. The summed E-state index contributed by atoms with van der Waals surface area (Å²) in [4.78, 5) is 21.8. The average Bonchev–Trinajstić information content (AvgIpc) is 2.65. The molecule has 16 heavy (non-hydrogen) atoms. The topological polar surface area (TPSA) is 78.4 Å². The van der Waals surface area contributed by atoms with Crippen LogP contribution in [0, 0.1) is 5.92 Å². The summed E-state index contributed by atoms with van der Waals surface area (Å²) < 4.78 is 0. The van der Waals surface area contributed by atoms with Gasteiger partial charge in [-0.25, -0.2) is 4.79 Å². The molecule has 0 spiro atoms. The van der Waals surface area contributed by atoms with E-state index >= 15 is 0 Å². The second kappa shape index (κ2) is 6.62. The van der Waals surface area contributed by atoms with E-state index < -0.39 is 5.97 Å². The normalized spacial score (nSPS) is 21.4. The molecular weight excluding hydrogens is 228 g/mol. The average molecular weight is 246 g/mol. The van der Waals surface area contributed by atoms with Crippen LogP contribution in [0.25, 0.3) is 0 Å². The molecule has 1 fully saturated rings. The number of carbonyl (C=O) groups excluding carboxylic acids is 1. The minimum Gasteiger partial charge on any atom is -0.481 e. The first-order valence-corrected chi connectivity index (χ1v) is 6.57. The lowest BCUT2D eigenvalue weighted by Crippen LogP contribution is -2.43. The Morgan fingerprint density at radius 3 is 2.88 bits per heavy atom. The summed E-state index contributed by atoms with van der Waals surface area (Å²) in [7, 11) is 0. The molecule has 6 heteroatoms. The molecule has 1 saturated heterocycles. The fraction of sp³-hybridized carbons (Fsp3) is 0.800. The maximum atomic E-state index is 11.4. The number of carboxylic acids is 1. The molecule has 1 heterocycles. The van der Waals surface area contributed by atoms with Gasteiger partial charge in [0.2, 0.25) is 0 Å². The fourth-order valence-electron chi connectivity index (χ4n) is 1.57. The van der Waals surface area contributed by atoms with E-state index in [1.165, 1.54) is 5.75 Å². The van der Waals surface area contributed by atoms with Gasteiger partial charge in [-0.15, -0.1) is 0 Å². The molecule has 0 radical (unpaired) electrons. The summed E-state index contributed by atoms with van der Waals surface area (Å²) in [5, 5.41) is 13.9. The summed E-state index contributed by atoms with van der Waals surface area (Å²) >= 11 is 1.91. The number of thioether (sulfide) groups is 1. The standard InChI is InChI=1S/C10H18N2O3S/c1-7(4-9(13)14)12-10(15)11-5-8-2-3-16-6-8/h7-8H,2-6H2,1H3,(H,13,14)(H2,11,12,15). The molecule has 1 aliphatic rings. The van der Waals surface area contributed by atoms with Crippen LogP contribution < -0.4 is 10.6 Å². The molecule has 1 rings (SSSR count). The van der Waals surface area contributed by atoms with Crippen molar-refractivity contribution in [3.05, 3.63) is 0 Å². The first-order chi connectivity index (χ1) is 7.58. The highest BCUT2D eigenvalue weighted by atomic mass is 32.2. The SMILES string of the molecule is CC(CC(=O)O)NC(=O)NCC1CCSC1. The van der Waals surface area contributed by atoms with E-state index in [9.17, 15) is 9.59 Å². The van der Waals surface area contributed by atoms with Crippen molar-refractivity contribution in [1.29, 1.82) is 0 Å². The van der Waals surface area contributed by atoms with E-state index in [0.717, 1.165) is 12.2 Å². The van der Waals surface area contributed by atoms with Crippen LogP contribution in [0.15, 0.2) is 0 Å². The monoisotopic (exact) mass is 246 g/mol. The maximum Gasteiger partial charge on any atom is 0.315 e. The molecule has 0 bridgehead atoms. The van der Waals surface area contributed by atoms with Gasteiger partial charge in [0.25, 0.3) is 0 Å². The van der Waals surface area contributed by atoms with Crippen molar-refractivity contribution in [2.45, 2.75) is 25.8 Å². The quantitative estimate of drug-likeness (QED) is 0.673. The van der Waals surface area contributed by atoms with Crippen LogP contribution in [0.1, 0.15) is 19.8 Å². The van der Waals surface area contributed by atoms with E-state index in [1.54, 1.807) is 6.92 Å². The smallest absolute Gasteiger partial charge is 0.315 e. The van der Waals surface area contributed by atoms with Gasteiger partial charge < -0.3 is 15.7 Å². The lowest BCUT2D eigenvalue weighted by atomic mass is 10.1. The van der Waals surface area contributed by atoms with Crippen LogP contribution in [-0.2, 0) is 4.79 Å². The van der Waals surface area contributed by atoms with Gasteiger partial charge in [0, 0.05) is 12.6 Å². The molecule has 0 saturated carbocycles. The Kier molecular flexibility index (Phi) is 5.45. The van der Waals surface area contributed by atoms with E-state index in [2.05, 4.69) is 10.6 Å². The van der Waals surface area contributed by atoms with Crippen LogP contribution in [0.2, 0.25) is 0 Å². The number of urea groups is 1. The summed E-state index contributed by atoms with van der Waals surface area (Å²) in [6, 6.07) is -0.610. The summed E-state index contributed by atoms with van der Waals surface area (Å²) in [6.45, 7) is 2.36. The highest BCUT2D eigenvalue weighted by Crippen LogP contribution is 2.22. The third-order valence-corrected chi connectivity index (χ3v) is 3.67. The Labute approximate surface area is 99.4 Å². The lowest BCUT2D eigenvalue weighted by molar-refractivity contribution is -0.137. The largest absolute Gasteiger partial charge is 0.481 e. The number of amides is 2. The minimum atomic E-state index is -0.903. The maximum absolute atomic E-state index is 11.4. The number of nitrogens with one attached hydrogen (secondary N) is 2. The predicted molar refractivity (Wildman–Crippen MR) is 63.7 cm³/mol. The van der Waals surface area contributed by atoms with E-state index in [-0.39, 0.29) is 18.5 Å². The van der Waals surface area contributed by atoms with Gasteiger partial charge in [-0.2, -0.15) is 11.8 Å². The van der Waals surface area contributed by atoms with Gasteiger partial charge in [0.1, 0.15) is 0 Å². The molecule has 0 aromatic heterocycles. The second-order valence-electron chi connectivity index (χ2n) is 4.08. The molecule has 3 N–H and O–H groups in total. The predicted octanol–water partition coefficient (Wildman–Crippen LogP) is 0.902. The molecule has 5 nitrogen and oxygen atoms in total. The molecule has 0 aliphatic carbocycles. The van der Waals surface area contributed by atoms with Crippen LogP contribution in [0.5, 0.6) is 0 Å². The lowest BCUT2D eigenvalue weighted by Gasteiger charge is -2.14. The summed E-state index contributed by atoms with van der Waals surface area (Å²) in [5.41, 5.74) is 0. The molecule has 1 aliphatic heterocycles. The molecule has 0 aromatic rings. The van der Waals surface area contributed by atoms with Crippen LogP contribution in [-0.4, -0.2) is 41.2 Å². The van der Waals surface area contributed by atoms with Crippen molar-refractivity contribution >= 4 is 23.8 Å². The van der Waals surface area contributed by atoms with Crippen LogP contribution in [0.4, 0.5) is 4.79 Å². The van der Waals surface area contributed by atoms with Gasteiger partial charge >= 0.3 is 12.0 Å². The third-order valence-electron chi connectivity index (χ3n) is 2.43. The summed E-state index contributed by atoms with van der Waals surface area (Å²) in [5.74, 6) is 1.93. The first-order valence-electron chi connectivity index (χ1n) is 5.42. The molecule has 2 amide bonds. The zero-order chi connectivity index (χ0) is 12.0. The van der Waals surface area contributed by atoms with Gasteiger partial charge in [-0.1, -0.05) is 0 Å². The van der Waals surface area contributed by atoms with Crippen molar-refractivity contribution in [3.8, 4) is 0 Å². The van der Waals surface area contributed by atoms with Gasteiger partial charge in [0.05, 0.1) is 6.42 Å². The summed E-state index contributed by atoms with van der Waals surface area (Å²) in [6.07, 6.45) is 1.10. The first kappa shape index (κ1) is 13.2. The van der Waals surface area contributed by atoms with Crippen molar-refractivity contribution in [2.75, 3.05) is 18.1 Å². The zero-order valence-corrected chi connectivity index (χ0v) is 10.2. The number of hydrogen-bond acceptors (Lipinski definition) is 3. The minimum absolute atomic E-state index is 0.0489. The fourth-order valence-corrected chi connectivity index (χ4v) is 2.85. The molecule has 0 aromatic carbocycles. The number of hydrogen-bond donors (Lipinski definition) is 3. The Bertz CT molecular complexity index is 254. The van der Waals surface area contributed by atoms with Crippen LogP contribution in [0.3, 0.4) is 0 Å². The molecular formula is C10H18N2O3S. The Morgan fingerprint density at radius 2 is 2.31 bits per heavy atom. The number of rotatable bonds is 5. The van der Waals surface area contributed by atoms with Crippen molar-refractivity contribution < 1.29 is 14.7 Å². The van der Waals surface area contributed by atoms with Crippen molar-refractivity contribution in [2.24, 2.45) is 5.92 Å². The number of carbonyl (C=O) groups is 2.